The van der Waals surface area contributed by atoms with Crippen LogP contribution in [0.25, 0.3) is 10.8 Å². The lowest BCUT2D eigenvalue weighted by molar-refractivity contribution is -0.0597. The van der Waals surface area contributed by atoms with Gasteiger partial charge >= 0.3 is 26.4 Å². The molecule has 0 saturated carbocycles. The van der Waals surface area contributed by atoms with Gasteiger partial charge in [-0.1, -0.05) is 47.1 Å². The third-order valence-corrected chi connectivity index (χ3v) is 7.90. The van der Waals surface area contributed by atoms with E-state index in [9.17, 15) is 30.0 Å². The fourth-order valence-electron chi connectivity index (χ4n) is 3.55. The molecule has 4 aromatic rings. The summed E-state index contributed by atoms with van der Waals surface area (Å²) in [6.45, 7) is 1.78. The Hall–Kier alpha value is -4.10. The van der Waals surface area contributed by atoms with Crippen molar-refractivity contribution in [3.8, 4) is 11.5 Å². The Balaban J connectivity index is 1.72. The molecule has 0 spiro atoms. The lowest BCUT2D eigenvalue weighted by Crippen LogP contribution is -2.25. The van der Waals surface area contributed by atoms with E-state index in [2.05, 4.69) is 9.44 Å². The number of hydrogen-bond acceptors (Lipinski definition) is 8. The van der Waals surface area contributed by atoms with Gasteiger partial charge in [-0.25, -0.2) is 0 Å². The third kappa shape index (κ3) is 6.15. The van der Waals surface area contributed by atoms with Gasteiger partial charge in [-0.15, -0.1) is 0 Å². The van der Waals surface area contributed by atoms with Crippen LogP contribution in [-0.4, -0.2) is 35.8 Å². The minimum absolute atomic E-state index is 0.0534. The van der Waals surface area contributed by atoms with E-state index in [0.717, 1.165) is 29.8 Å². The van der Waals surface area contributed by atoms with Crippen LogP contribution < -0.4 is 8.92 Å². The van der Waals surface area contributed by atoms with Crippen LogP contribution in [-0.2, 0) is 24.5 Å². The Bertz CT molecular complexity index is 1750. The summed E-state index contributed by atoms with van der Waals surface area (Å²) in [5.74, 6) is 0.0924. The Labute approximate surface area is 222 Å². The number of benzene rings is 4. The van der Waals surface area contributed by atoms with Gasteiger partial charge in [-0.05, 0) is 55.5 Å². The highest BCUT2D eigenvalue weighted by molar-refractivity contribution is 7.87. The summed E-state index contributed by atoms with van der Waals surface area (Å²) in [5, 5.41) is 2.95. The lowest BCUT2D eigenvalue weighted by atomic mass is 10.1. The van der Waals surface area contributed by atoms with Crippen molar-refractivity contribution in [2.24, 2.45) is 5.16 Å². The first kappa shape index (κ1) is 27.9. The average Bonchev–Trinajstić information content (AvgIpc) is 2.88. The van der Waals surface area contributed by atoms with Crippen molar-refractivity contribution in [2.45, 2.75) is 22.9 Å². The quantitative estimate of drug-likeness (QED) is 0.152. The number of oxime groups is 1. The van der Waals surface area contributed by atoms with Gasteiger partial charge in [0.15, 0.2) is 11.5 Å². The Morgan fingerprint density at radius 2 is 1.38 bits per heavy atom. The van der Waals surface area contributed by atoms with Gasteiger partial charge in [0.1, 0.15) is 15.5 Å². The van der Waals surface area contributed by atoms with Crippen molar-refractivity contribution >= 4 is 36.7 Å². The van der Waals surface area contributed by atoms with E-state index in [4.69, 9.17) is 8.92 Å². The molecule has 0 aliphatic rings. The van der Waals surface area contributed by atoms with Gasteiger partial charge in [0.05, 0.1) is 7.11 Å². The molecule has 0 aliphatic carbocycles. The van der Waals surface area contributed by atoms with Crippen LogP contribution in [0.1, 0.15) is 11.1 Å². The lowest BCUT2D eigenvalue weighted by Gasteiger charge is -2.13. The number of halogens is 3. The van der Waals surface area contributed by atoms with Gasteiger partial charge in [-0.3, -0.25) is 4.28 Å². The molecule has 0 amide bonds. The number of nitrogens with zero attached hydrogens (tertiary/aromatic N) is 1. The number of alkyl halides is 3. The van der Waals surface area contributed by atoms with E-state index < -0.39 is 42.6 Å². The van der Waals surface area contributed by atoms with Crippen LogP contribution in [0.3, 0.4) is 0 Å². The van der Waals surface area contributed by atoms with Gasteiger partial charge in [0.2, 0.25) is 0 Å². The first-order valence-corrected chi connectivity index (χ1v) is 13.9. The molecule has 0 N–H and O–H groups in total. The minimum Gasteiger partial charge on any atom is -0.497 e. The Kier molecular flexibility index (Phi) is 7.57. The van der Waals surface area contributed by atoms with Crippen molar-refractivity contribution < 1.29 is 43.2 Å². The summed E-state index contributed by atoms with van der Waals surface area (Å²) in [6, 6.07) is 18.2. The van der Waals surface area contributed by atoms with Gasteiger partial charge in [0, 0.05) is 16.3 Å². The highest BCUT2D eigenvalue weighted by Crippen LogP contribution is 2.34. The standard InChI is InChI=1S/C26H20F3NO7S2/c1-17-7-13-20(14-8-17)38(31,32)36-23-15-16-24(22-6-4-3-5-21(22)23)39(33,34)37-30-25(26(27,28)29)18-9-11-19(35-2)12-10-18/h3-16H,1-2H3. The SMILES string of the molecule is COc1ccc(C(=NOS(=O)(=O)c2ccc(OS(=O)(=O)c3ccc(C)cc3)c3ccccc23)C(F)(F)F)cc1. The molecule has 13 heteroatoms. The summed E-state index contributed by atoms with van der Waals surface area (Å²) < 4.78 is 107. The summed E-state index contributed by atoms with van der Waals surface area (Å²) >= 11 is 0. The summed E-state index contributed by atoms with van der Waals surface area (Å²) in [4.78, 5) is -0.664. The van der Waals surface area contributed by atoms with E-state index in [1.165, 1.54) is 55.6 Å². The number of rotatable bonds is 8. The summed E-state index contributed by atoms with van der Waals surface area (Å²) in [5.41, 5.74) is -1.20. The molecular weight excluding hydrogens is 559 g/mol. The molecule has 8 nitrogen and oxygen atoms in total. The maximum Gasteiger partial charge on any atom is 0.437 e. The molecular formula is C26H20F3NO7S2. The monoisotopic (exact) mass is 579 g/mol. The predicted molar refractivity (Wildman–Crippen MR) is 137 cm³/mol. The first-order valence-electron chi connectivity index (χ1n) is 11.1. The van der Waals surface area contributed by atoms with Crippen molar-refractivity contribution in [3.05, 3.63) is 96.1 Å². The number of hydrogen-bond donors (Lipinski definition) is 0. The molecule has 0 aromatic heterocycles. The second-order valence-corrected chi connectivity index (χ2v) is 11.2. The second kappa shape index (κ2) is 10.6. The molecule has 0 radical (unpaired) electrons. The second-order valence-electron chi connectivity index (χ2n) is 8.15. The fraction of sp³-hybridized carbons (Fsp3) is 0.115. The summed E-state index contributed by atoms with van der Waals surface area (Å²) in [6.07, 6.45) is -5.05. The number of methoxy groups -OCH3 is 1. The van der Waals surface area contributed by atoms with E-state index in [-0.39, 0.29) is 27.2 Å². The van der Waals surface area contributed by atoms with Gasteiger partial charge < -0.3 is 8.92 Å². The molecule has 0 saturated heterocycles. The average molecular weight is 580 g/mol. The molecule has 204 valence electrons. The van der Waals surface area contributed by atoms with Crippen LogP contribution in [0.4, 0.5) is 13.2 Å². The highest BCUT2D eigenvalue weighted by atomic mass is 32.2. The molecule has 0 unspecified atom stereocenters. The van der Waals surface area contributed by atoms with E-state index in [1.54, 1.807) is 19.1 Å². The Morgan fingerprint density at radius 3 is 1.97 bits per heavy atom. The number of aryl methyl sites for hydroxylation is 1. The molecule has 4 aromatic carbocycles. The van der Waals surface area contributed by atoms with Crippen molar-refractivity contribution in [1.29, 1.82) is 0 Å². The van der Waals surface area contributed by atoms with Crippen molar-refractivity contribution in [3.63, 3.8) is 0 Å². The maximum atomic E-state index is 13.7. The number of fused-ring (bicyclic) bond motifs is 1. The van der Waals surface area contributed by atoms with Crippen LogP contribution in [0.5, 0.6) is 11.5 Å². The number of ether oxygens (including phenoxy) is 1. The normalized spacial score (nSPS) is 12.8. The molecule has 39 heavy (non-hydrogen) atoms. The summed E-state index contributed by atoms with van der Waals surface area (Å²) in [7, 11) is -7.84. The zero-order valence-corrected chi connectivity index (χ0v) is 22.0. The minimum atomic E-state index is -5.05. The van der Waals surface area contributed by atoms with Crippen LogP contribution >= 0.6 is 0 Å². The zero-order valence-electron chi connectivity index (χ0n) is 20.3. The Morgan fingerprint density at radius 1 is 0.769 bits per heavy atom. The molecule has 0 fully saturated rings. The maximum absolute atomic E-state index is 13.7. The molecule has 0 aliphatic heterocycles. The van der Waals surface area contributed by atoms with Gasteiger partial charge in [-0.2, -0.15) is 30.0 Å². The topological polar surface area (TPSA) is 108 Å². The fourth-order valence-corrected chi connectivity index (χ4v) is 5.43. The zero-order chi connectivity index (χ0) is 28.4. The van der Waals surface area contributed by atoms with E-state index in [0.29, 0.717) is 0 Å². The molecule has 0 bridgehead atoms. The largest absolute Gasteiger partial charge is 0.497 e. The van der Waals surface area contributed by atoms with E-state index >= 15 is 0 Å². The third-order valence-electron chi connectivity index (χ3n) is 5.48. The van der Waals surface area contributed by atoms with Crippen molar-refractivity contribution in [2.75, 3.05) is 7.11 Å². The molecule has 0 heterocycles. The predicted octanol–water partition coefficient (Wildman–Crippen LogP) is 5.60. The smallest absolute Gasteiger partial charge is 0.437 e. The van der Waals surface area contributed by atoms with Crippen LogP contribution in [0.15, 0.2) is 99.9 Å². The van der Waals surface area contributed by atoms with Crippen LogP contribution in [0, 0.1) is 6.92 Å². The highest BCUT2D eigenvalue weighted by Gasteiger charge is 2.38. The first-order chi connectivity index (χ1) is 18.3. The molecule has 0 atom stereocenters. The van der Waals surface area contributed by atoms with Gasteiger partial charge in [0.25, 0.3) is 0 Å². The molecule has 4 rings (SSSR count). The van der Waals surface area contributed by atoms with Crippen LogP contribution in [0.2, 0.25) is 0 Å². The van der Waals surface area contributed by atoms with Crippen molar-refractivity contribution in [1.82, 2.24) is 0 Å². The van der Waals surface area contributed by atoms with E-state index in [1.807, 2.05) is 0 Å².